The number of amides is 1. The molecule has 1 N–H and O–H groups in total. The lowest BCUT2D eigenvalue weighted by atomic mass is 10.1. The van der Waals surface area contributed by atoms with E-state index in [1.54, 1.807) is 0 Å². The van der Waals surface area contributed by atoms with E-state index in [4.69, 9.17) is 0 Å². The molecule has 1 aromatic heterocycles. The van der Waals surface area contributed by atoms with Gasteiger partial charge in [-0.2, -0.15) is 0 Å². The van der Waals surface area contributed by atoms with Crippen LogP contribution in [0.1, 0.15) is 33.3 Å². The maximum Gasteiger partial charge on any atom is 0.226 e. The molecule has 2 rings (SSSR count). The van der Waals surface area contributed by atoms with Crippen molar-refractivity contribution in [3.8, 4) is 0 Å². The standard InChI is InChI=1S/C17H22N2O/c1-5-19-11-14(15-8-6-7-9-16(15)19)10-13(4)18-17(20)12(2)3/h6-12H,5H2,1-4H3,(H,18,20)/b13-10-. The van der Waals surface area contributed by atoms with Crippen LogP contribution in [0, 0.1) is 5.92 Å². The smallest absolute Gasteiger partial charge is 0.226 e. The van der Waals surface area contributed by atoms with Crippen LogP contribution in [-0.2, 0) is 11.3 Å². The maximum absolute atomic E-state index is 11.7. The summed E-state index contributed by atoms with van der Waals surface area (Å²) in [5.41, 5.74) is 3.25. The second-order valence-corrected chi connectivity index (χ2v) is 5.36. The summed E-state index contributed by atoms with van der Waals surface area (Å²) in [7, 11) is 0. The Morgan fingerprint density at radius 3 is 2.70 bits per heavy atom. The van der Waals surface area contributed by atoms with Gasteiger partial charge in [0, 0.05) is 40.8 Å². The molecule has 1 amide bonds. The lowest BCUT2D eigenvalue weighted by molar-refractivity contribution is -0.123. The minimum absolute atomic E-state index is 0.00432. The molecule has 0 aliphatic heterocycles. The van der Waals surface area contributed by atoms with Crippen molar-refractivity contribution < 1.29 is 4.79 Å². The molecule has 0 saturated heterocycles. The number of para-hydroxylation sites is 1. The lowest BCUT2D eigenvalue weighted by Gasteiger charge is -2.07. The van der Waals surface area contributed by atoms with E-state index in [1.807, 2.05) is 32.9 Å². The number of nitrogens with zero attached hydrogens (tertiary/aromatic N) is 1. The Balaban J connectivity index is 2.36. The van der Waals surface area contributed by atoms with Gasteiger partial charge >= 0.3 is 0 Å². The van der Waals surface area contributed by atoms with Crippen molar-refractivity contribution in [1.82, 2.24) is 9.88 Å². The Kier molecular flexibility index (Phi) is 4.28. The summed E-state index contributed by atoms with van der Waals surface area (Å²) >= 11 is 0. The van der Waals surface area contributed by atoms with Gasteiger partial charge in [0.1, 0.15) is 0 Å². The lowest BCUT2D eigenvalue weighted by Crippen LogP contribution is -2.25. The third-order valence-electron chi connectivity index (χ3n) is 3.38. The zero-order valence-corrected chi connectivity index (χ0v) is 12.6. The Hall–Kier alpha value is -2.03. The van der Waals surface area contributed by atoms with Gasteiger partial charge in [0.05, 0.1) is 0 Å². The van der Waals surface area contributed by atoms with E-state index in [1.165, 1.54) is 10.9 Å². The van der Waals surface area contributed by atoms with E-state index in [2.05, 4.69) is 41.2 Å². The first-order chi connectivity index (χ1) is 9.52. The molecule has 0 fully saturated rings. The summed E-state index contributed by atoms with van der Waals surface area (Å²) in [4.78, 5) is 11.7. The molecular formula is C17H22N2O. The number of aryl methyl sites for hydroxylation is 1. The minimum Gasteiger partial charge on any atom is -0.347 e. The van der Waals surface area contributed by atoms with Crippen molar-refractivity contribution in [2.45, 2.75) is 34.2 Å². The van der Waals surface area contributed by atoms with E-state index in [0.717, 1.165) is 17.8 Å². The van der Waals surface area contributed by atoms with Gasteiger partial charge in [0.2, 0.25) is 5.91 Å². The molecule has 1 aromatic carbocycles. The second kappa shape index (κ2) is 5.95. The first-order valence-corrected chi connectivity index (χ1v) is 7.10. The summed E-state index contributed by atoms with van der Waals surface area (Å²) in [6.07, 6.45) is 4.17. The molecule has 0 saturated carbocycles. The van der Waals surface area contributed by atoms with Crippen LogP contribution in [0.15, 0.2) is 36.2 Å². The zero-order valence-electron chi connectivity index (χ0n) is 12.6. The van der Waals surface area contributed by atoms with E-state index in [0.29, 0.717) is 0 Å². The number of fused-ring (bicyclic) bond motifs is 1. The van der Waals surface area contributed by atoms with Crippen molar-refractivity contribution in [2.75, 3.05) is 0 Å². The zero-order chi connectivity index (χ0) is 14.7. The first kappa shape index (κ1) is 14.4. The van der Waals surface area contributed by atoms with Crippen LogP contribution in [-0.4, -0.2) is 10.5 Å². The Morgan fingerprint density at radius 2 is 2.05 bits per heavy atom. The normalized spacial score (nSPS) is 12.2. The number of hydrogen-bond acceptors (Lipinski definition) is 1. The Morgan fingerprint density at radius 1 is 1.35 bits per heavy atom. The average molecular weight is 270 g/mol. The number of hydrogen-bond donors (Lipinski definition) is 1. The monoisotopic (exact) mass is 270 g/mol. The average Bonchev–Trinajstić information content (AvgIpc) is 2.77. The molecule has 106 valence electrons. The molecular weight excluding hydrogens is 248 g/mol. The van der Waals surface area contributed by atoms with Gasteiger partial charge in [0.25, 0.3) is 0 Å². The largest absolute Gasteiger partial charge is 0.347 e. The molecule has 0 radical (unpaired) electrons. The topological polar surface area (TPSA) is 34.0 Å². The second-order valence-electron chi connectivity index (χ2n) is 5.36. The van der Waals surface area contributed by atoms with Gasteiger partial charge in [0.15, 0.2) is 0 Å². The predicted octanol–water partition coefficient (Wildman–Crippen LogP) is 3.79. The van der Waals surface area contributed by atoms with Gasteiger partial charge in [-0.15, -0.1) is 0 Å². The van der Waals surface area contributed by atoms with Crippen molar-refractivity contribution in [2.24, 2.45) is 5.92 Å². The summed E-state index contributed by atoms with van der Waals surface area (Å²) in [5.74, 6) is 0.0494. The van der Waals surface area contributed by atoms with E-state index in [9.17, 15) is 4.79 Å². The summed E-state index contributed by atoms with van der Waals surface area (Å²) in [6.45, 7) is 8.79. The van der Waals surface area contributed by atoms with Crippen molar-refractivity contribution in [3.63, 3.8) is 0 Å². The van der Waals surface area contributed by atoms with Gasteiger partial charge in [-0.05, 0) is 26.0 Å². The number of aromatic nitrogens is 1. The molecule has 2 aromatic rings. The fourth-order valence-corrected chi connectivity index (χ4v) is 2.26. The van der Waals surface area contributed by atoms with Crippen molar-refractivity contribution in [1.29, 1.82) is 0 Å². The Labute approximate surface area is 120 Å². The quantitative estimate of drug-likeness (QED) is 0.901. The highest BCUT2D eigenvalue weighted by molar-refractivity contribution is 5.90. The molecule has 0 bridgehead atoms. The van der Waals surface area contributed by atoms with Crippen LogP contribution >= 0.6 is 0 Å². The number of carbonyl (C=O) groups excluding carboxylic acids is 1. The fraction of sp³-hybridized carbons (Fsp3) is 0.353. The Bertz CT molecular complexity index is 650. The highest BCUT2D eigenvalue weighted by atomic mass is 16.1. The van der Waals surface area contributed by atoms with E-state index < -0.39 is 0 Å². The molecule has 0 unspecified atom stereocenters. The van der Waals surface area contributed by atoms with Crippen LogP contribution in [0.25, 0.3) is 17.0 Å². The summed E-state index contributed by atoms with van der Waals surface area (Å²) < 4.78 is 2.22. The minimum atomic E-state index is -0.00432. The number of carbonyl (C=O) groups is 1. The van der Waals surface area contributed by atoms with Gasteiger partial charge < -0.3 is 9.88 Å². The summed E-state index contributed by atoms with van der Waals surface area (Å²) in [6, 6.07) is 8.33. The highest BCUT2D eigenvalue weighted by Gasteiger charge is 2.08. The SMILES string of the molecule is CCn1cc(/C=C(/C)NC(=O)C(C)C)c2ccccc21. The third kappa shape index (κ3) is 2.93. The molecule has 1 heterocycles. The van der Waals surface area contributed by atoms with E-state index in [-0.39, 0.29) is 11.8 Å². The van der Waals surface area contributed by atoms with Gasteiger partial charge in [-0.25, -0.2) is 0 Å². The number of rotatable bonds is 4. The molecule has 0 atom stereocenters. The molecule has 3 nitrogen and oxygen atoms in total. The summed E-state index contributed by atoms with van der Waals surface area (Å²) in [5, 5.41) is 4.15. The molecule has 3 heteroatoms. The number of allylic oxidation sites excluding steroid dienone is 1. The van der Waals surface area contributed by atoms with Crippen LogP contribution in [0.4, 0.5) is 0 Å². The first-order valence-electron chi connectivity index (χ1n) is 7.10. The number of nitrogens with one attached hydrogen (secondary N) is 1. The van der Waals surface area contributed by atoms with Crippen molar-refractivity contribution >= 4 is 22.9 Å². The predicted molar refractivity (Wildman–Crippen MR) is 84.2 cm³/mol. The van der Waals surface area contributed by atoms with Crippen LogP contribution < -0.4 is 5.32 Å². The third-order valence-corrected chi connectivity index (χ3v) is 3.38. The van der Waals surface area contributed by atoms with E-state index >= 15 is 0 Å². The van der Waals surface area contributed by atoms with Gasteiger partial charge in [-0.3, -0.25) is 4.79 Å². The molecule has 0 aliphatic carbocycles. The highest BCUT2D eigenvalue weighted by Crippen LogP contribution is 2.23. The molecule has 20 heavy (non-hydrogen) atoms. The number of benzene rings is 1. The fourth-order valence-electron chi connectivity index (χ4n) is 2.26. The maximum atomic E-state index is 11.7. The molecule has 0 aliphatic rings. The molecule has 0 spiro atoms. The van der Waals surface area contributed by atoms with Crippen LogP contribution in [0.3, 0.4) is 0 Å². The van der Waals surface area contributed by atoms with Crippen molar-refractivity contribution in [3.05, 3.63) is 41.7 Å². The van der Waals surface area contributed by atoms with Crippen LogP contribution in [0.5, 0.6) is 0 Å². The van der Waals surface area contributed by atoms with Gasteiger partial charge in [-0.1, -0.05) is 32.0 Å². The van der Waals surface area contributed by atoms with Crippen LogP contribution in [0.2, 0.25) is 0 Å².